The Morgan fingerprint density at radius 1 is 1.11 bits per heavy atom. The molecule has 0 spiro atoms. The number of hydrogen-bond acceptors (Lipinski definition) is 5. The summed E-state index contributed by atoms with van der Waals surface area (Å²) in [5, 5.41) is 18.5. The number of rotatable bonds is 9. The summed E-state index contributed by atoms with van der Waals surface area (Å²) >= 11 is 3.32. The normalized spacial score (nSPS) is 13.0. The van der Waals surface area contributed by atoms with Gasteiger partial charge in [-0.3, -0.25) is 14.3 Å². The number of amides is 2. The van der Waals surface area contributed by atoms with Crippen molar-refractivity contribution in [2.75, 3.05) is 6.61 Å². The van der Waals surface area contributed by atoms with E-state index >= 15 is 0 Å². The van der Waals surface area contributed by atoms with Gasteiger partial charge in [-0.05, 0) is 44.6 Å². The molecule has 1 aromatic heterocycles. The van der Waals surface area contributed by atoms with E-state index in [0.717, 1.165) is 27.8 Å². The number of nitrogens with zero attached hydrogens (tertiary/aromatic N) is 2. The number of aromatic nitrogens is 2. The fraction of sp³-hybridized carbons (Fsp3) is 0.280. The van der Waals surface area contributed by atoms with Crippen LogP contribution in [0.25, 0.3) is 11.1 Å². The number of alkyl carbamates (subject to hydrolysis) is 1. The second kappa shape index (κ2) is 10.7. The van der Waals surface area contributed by atoms with Crippen LogP contribution < -0.4 is 10.6 Å². The third kappa shape index (κ3) is 5.71. The Hall–Kier alpha value is -3.66. The largest absolute Gasteiger partial charge is 0.481 e. The molecule has 0 bridgehead atoms. The molecule has 1 aliphatic rings. The number of halogens is 1. The molecular weight excluding hydrogens is 516 g/mol. The number of hydrogen-bond donors (Lipinski definition) is 3. The minimum Gasteiger partial charge on any atom is -0.481 e. The van der Waals surface area contributed by atoms with E-state index in [1.54, 1.807) is 17.9 Å². The number of benzene rings is 2. The van der Waals surface area contributed by atoms with Gasteiger partial charge in [-0.1, -0.05) is 48.5 Å². The maximum atomic E-state index is 12.8. The Bertz CT molecular complexity index is 1210. The van der Waals surface area contributed by atoms with Crippen molar-refractivity contribution < 1.29 is 24.2 Å². The molecular formula is C25H25BrN4O5. The molecule has 1 atom stereocenters. The summed E-state index contributed by atoms with van der Waals surface area (Å²) in [6, 6.07) is 14.9. The first-order chi connectivity index (χ1) is 16.8. The molecule has 1 unspecified atom stereocenters. The zero-order chi connectivity index (χ0) is 24.9. The number of carboxylic acids is 1. The zero-order valence-electron chi connectivity index (χ0n) is 19.0. The van der Waals surface area contributed by atoms with Crippen molar-refractivity contribution >= 4 is 33.9 Å². The molecule has 3 N–H and O–H groups in total. The number of carbonyl (C=O) groups excluding carboxylic acids is 2. The van der Waals surface area contributed by atoms with Gasteiger partial charge in [-0.2, -0.15) is 5.10 Å². The first kappa shape index (κ1) is 24.5. The summed E-state index contributed by atoms with van der Waals surface area (Å²) in [6.07, 6.45) is 0.619. The van der Waals surface area contributed by atoms with E-state index in [4.69, 9.17) is 9.84 Å². The maximum Gasteiger partial charge on any atom is 0.407 e. The highest BCUT2D eigenvalue weighted by molar-refractivity contribution is 9.10. The smallest absolute Gasteiger partial charge is 0.407 e. The van der Waals surface area contributed by atoms with Crippen LogP contribution in [-0.4, -0.2) is 45.5 Å². The minimum absolute atomic E-state index is 0.0699. The van der Waals surface area contributed by atoms with Crippen molar-refractivity contribution in [2.45, 2.75) is 31.3 Å². The van der Waals surface area contributed by atoms with Crippen LogP contribution in [0.15, 0.2) is 59.3 Å². The van der Waals surface area contributed by atoms with Gasteiger partial charge in [-0.25, -0.2) is 4.79 Å². The molecule has 0 fully saturated rings. The summed E-state index contributed by atoms with van der Waals surface area (Å²) in [5.41, 5.74) is 5.11. The van der Waals surface area contributed by atoms with Crippen LogP contribution in [0.1, 0.15) is 35.4 Å². The van der Waals surface area contributed by atoms with Gasteiger partial charge < -0.3 is 20.5 Å². The molecule has 2 aromatic carbocycles. The molecule has 1 heterocycles. The Morgan fingerprint density at radius 3 is 2.31 bits per heavy atom. The fourth-order valence-corrected chi connectivity index (χ4v) is 4.75. The number of aliphatic carboxylic acids is 1. The van der Waals surface area contributed by atoms with Gasteiger partial charge in [0.2, 0.25) is 5.91 Å². The topological polar surface area (TPSA) is 123 Å². The van der Waals surface area contributed by atoms with Crippen LogP contribution in [0.5, 0.6) is 0 Å². The zero-order valence-corrected chi connectivity index (χ0v) is 20.6. The molecule has 182 valence electrons. The summed E-state index contributed by atoms with van der Waals surface area (Å²) < 4.78 is 7.70. The van der Waals surface area contributed by atoms with Crippen molar-refractivity contribution in [3.63, 3.8) is 0 Å². The minimum atomic E-state index is -1.06. The van der Waals surface area contributed by atoms with Crippen LogP contribution in [0.3, 0.4) is 0 Å². The Labute approximate surface area is 210 Å². The molecule has 10 heteroatoms. The Kier molecular flexibility index (Phi) is 7.50. The van der Waals surface area contributed by atoms with Gasteiger partial charge in [0.25, 0.3) is 0 Å². The molecule has 0 saturated carbocycles. The van der Waals surface area contributed by atoms with Crippen LogP contribution in [0.4, 0.5) is 4.79 Å². The molecule has 0 radical (unpaired) electrons. The first-order valence-corrected chi connectivity index (χ1v) is 11.9. The number of nitrogens with one attached hydrogen (secondary N) is 2. The van der Waals surface area contributed by atoms with Gasteiger partial charge in [0.05, 0.1) is 0 Å². The van der Waals surface area contributed by atoms with Crippen molar-refractivity contribution in [1.29, 1.82) is 0 Å². The lowest BCUT2D eigenvalue weighted by Gasteiger charge is -2.19. The molecule has 3 aromatic rings. The third-order valence-corrected chi connectivity index (χ3v) is 6.57. The predicted octanol–water partition coefficient (Wildman–Crippen LogP) is 3.57. The van der Waals surface area contributed by atoms with Crippen LogP contribution in [0.2, 0.25) is 0 Å². The molecule has 35 heavy (non-hydrogen) atoms. The van der Waals surface area contributed by atoms with Gasteiger partial charge in [-0.15, -0.1) is 0 Å². The lowest BCUT2D eigenvalue weighted by atomic mass is 9.98. The fourth-order valence-electron chi connectivity index (χ4n) is 4.25. The number of carboxylic acid groups (broad SMARTS) is 1. The Balaban J connectivity index is 1.39. The molecule has 1 aliphatic carbocycles. The number of fused-ring (bicyclic) bond motifs is 3. The second-order valence-corrected chi connectivity index (χ2v) is 9.04. The molecule has 9 nitrogen and oxygen atoms in total. The quantitative estimate of drug-likeness (QED) is 0.381. The molecule has 0 saturated heterocycles. The average molecular weight is 541 g/mol. The van der Waals surface area contributed by atoms with E-state index in [1.807, 2.05) is 48.5 Å². The predicted molar refractivity (Wildman–Crippen MR) is 132 cm³/mol. The number of ether oxygens (including phenoxy) is 1. The third-order valence-electron chi connectivity index (χ3n) is 5.91. The standard InChI is InChI=1S/C25H25BrN4O5/c1-30-13-15(23(26)29-30)12-27-24(33)21(10-11-22(31)32)28-25(34)35-14-20-18-8-4-2-6-16(18)17-7-3-5-9-19(17)20/h2-9,13,20-21H,10-12,14H2,1H3,(H,27,33)(H,28,34)(H,31,32). The SMILES string of the molecule is Cn1cc(CNC(=O)C(CCC(=O)O)NC(=O)OCC2c3ccccc3-c3ccccc32)c(Br)n1. The van der Waals surface area contributed by atoms with Crippen LogP contribution >= 0.6 is 15.9 Å². The lowest BCUT2D eigenvalue weighted by Crippen LogP contribution is -2.47. The van der Waals surface area contributed by atoms with Gasteiger partial charge in [0, 0.05) is 37.7 Å². The highest BCUT2D eigenvalue weighted by Gasteiger charge is 2.30. The molecule has 4 rings (SSSR count). The summed E-state index contributed by atoms with van der Waals surface area (Å²) in [4.78, 5) is 36.5. The van der Waals surface area contributed by atoms with E-state index in [1.165, 1.54) is 0 Å². The lowest BCUT2D eigenvalue weighted by molar-refractivity contribution is -0.137. The Morgan fingerprint density at radius 2 is 1.74 bits per heavy atom. The van der Waals surface area contributed by atoms with Crippen LogP contribution in [0, 0.1) is 0 Å². The van der Waals surface area contributed by atoms with Crippen molar-refractivity contribution in [3.8, 4) is 11.1 Å². The maximum absolute atomic E-state index is 12.8. The second-order valence-electron chi connectivity index (χ2n) is 8.29. The van der Waals surface area contributed by atoms with Crippen molar-refractivity contribution in [3.05, 3.63) is 76.0 Å². The highest BCUT2D eigenvalue weighted by Crippen LogP contribution is 2.44. The summed E-state index contributed by atoms with van der Waals surface area (Å²) in [6.45, 7) is 0.263. The van der Waals surface area contributed by atoms with E-state index in [2.05, 4.69) is 31.7 Å². The van der Waals surface area contributed by atoms with E-state index in [9.17, 15) is 14.4 Å². The van der Waals surface area contributed by atoms with E-state index in [0.29, 0.717) is 4.60 Å². The first-order valence-electron chi connectivity index (χ1n) is 11.1. The average Bonchev–Trinajstić information content (AvgIpc) is 3.34. The number of carbonyl (C=O) groups is 3. The molecule has 0 aliphatic heterocycles. The van der Waals surface area contributed by atoms with E-state index in [-0.39, 0.29) is 31.9 Å². The summed E-state index contributed by atoms with van der Waals surface area (Å²) in [5.74, 6) is -1.69. The van der Waals surface area contributed by atoms with Gasteiger partial charge >= 0.3 is 12.1 Å². The van der Waals surface area contributed by atoms with Crippen LogP contribution in [-0.2, 0) is 27.9 Å². The van der Waals surface area contributed by atoms with Gasteiger partial charge in [0.1, 0.15) is 17.3 Å². The molecule has 2 amide bonds. The monoisotopic (exact) mass is 540 g/mol. The van der Waals surface area contributed by atoms with Gasteiger partial charge in [0.15, 0.2) is 0 Å². The van der Waals surface area contributed by atoms with E-state index < -0.39 is 24.0 Å². The van der Waals surface area contributed by atoms with Crippen molar-refractivity contribution in [1.82, 2.24) is 20.4 Å². The highest BCUT2D eigenvalue weighted by atomic mass is 79.9. The van der Waals surface area contributed by atoms with Crippen molar-refractivity contribution in [2.24, 2.45) is 7.05 Å². The number of aryl methyl sites for hydroxylation is 1. The summed E-state index contributed by atoms with van der Waals surface area (Å²) in [7, 11) is 1.75.